The van der Waals surface area contributed by atoms with E-state index in [-0.39, 0.29) is 5.91 Å². The summed E-state index contributed by atoms with van der Waals surface area (Å²) < 4.78 is 22.2. The molecule has 2 amide bonds. The molecule has 2 aliphatic rings. The van der Waals surface area contributed by atoms with Crippen molar-refractivity contribution >= 4 is 23.2 Å². The van der Waals surface area contributed by atoms with Gasteiger partial charge in [-0.05, 0) is 49.4 Å². The van der Waals surface area contributed by atoms with Gasteiger partial charge in [0.2, 0.25) is 5.91 Å². The fourth-order valence-corrected chi connectivity index (χ4v) is 4.93. The van der Waals surface area contributed by atoms with Crippen molar-refractivity contribution in [1.82, 2.24) is 0 Å². The van der Waals surface area contributed by atoms with Gasteiger partial charge in [-0.1, -0.05) is 18.2 Å². The molecule has 192 valence electrons. The van der Waals surface area contributed by atoms with Crippen molar-refractivity contribution < 1.29 is 33.4 Å². The molecule has 5 rings (SSSR count). The minimum atomic E-state index is -1.01. The lowest BCUT2D eigenvalue weighted by Gasteiger charge is -2.30. The van der Waals surface area contributed by atoms with Crippen LogP contribution in [0.5, 0.6) is 23.0 Å². The van der Waals surface area contributed by atoms with Crippen molar-refractivity contribution in [2.45, 2.75) is 19.1 Å². The zero-order valence-electron chi connectivity index (χ0n) is 21.0. The number of carbonyl (C=O) groups excluding carboxylic acids is 2. The number of benzene rings is 3. The van der Waals surface area contributed by atoms with Crippen LogP contribution in [0.2, 0.25) is 0 Å². The Bertz CT molecular complexity index is 1300. The van der Waals surface area contributed by atoms with E-state index in [0.717, 1.165) is 0 Å². The van der Waals surface area contributed by atoms with E-state index in [2.05, 4.69) is 0 Å². The van der Waals surface area contributed by atoms with Gasteiger partial charge in [0.25, 0.3) is 5.91 Å². The van der Waals surface area contributed by atoms with Crippen LogP contribution in [0.4, 0.5) is 11.4 Å². The molecule has 0 unspecified atom stereocenters. The Kier molecular flexibility index (Phi) is 6.62. The second-order valence-corrected chi connectivity index (χ2v) is 8.55. The third kappa shape index (κ3) is 4.11. The number of rotatable bonds is 8. The van der Waals surface area contributed by atoms with Gasteiger partial charge in [-0.25, -0.2) is 9.96 Å². The average molecular weight is 505 g/mol. The number of fused-ring (bicyclic) bond motifs is 1. The molecule has 0 bridgehead atoms. The first-order valence-electron chi connectivity index (χ1n) is 11.9. The molecule has 3 atom stereocenters. The molecule has 9 nitrogen and oxygen atoms in total. The van der Waals surface area contributed by atoms with Gasteiger partial charge in [-0.3, -0.25) is 14.4 Å². The largest absolute Gasteiger partial charge is 0.496 e. The maximum Gasteiger partial charge on any atom is 0.266 e. The first-order chi connectivity index (χ1) is 18.0. The summed E-state index contributed by atoms with van der Waals surface area (Å²) in [5, 5.41) is 1.62. The summed E-state index contributed by atoms with van der Waals surface area (Å²) in [5.74, 6) is 0.467. The van der Waals surface area contributed by atoms with E-state index in [1.54, 1.807) is 48.6 Å². The van der Waals surface area contributed by atoms with Gasteiger partial charge in [-0.2, -0.15) is 0 Å². The predicted octanol–water partition coefficient (Wildman–Crippen LogP) is 4.16. The standard InChI is InChI=1S/C28H28N2O7/c1-5-36-19-13-11-17(12-14-19)29-27(31)24-25(20-15-22(34-3)23(35-4)16-21(20)33-2)30(37-26(24)28(29)32)18-9-7-6-8-10-18/h6-16,24-26H,5H2,1-4H3/t24-,25+,26-/m0/s1. The zero-order chi connectivity index (χ0) is 26.1. The third-order valence-electron chi connectivity index (χ3n) is 6.59. The van der Waals surface area contributed by atoms with E-state index in [4.69, 9.17) is 23.8 Å². The Balaban J connectivity index is 1.61. The van der Waals surface area contributed by atoms with Crippen molar-refractivity contribution in [1.29, 1.82) is 0 Å². The van der Waals surface area contributed by atoms with Crippen LogP contribution >= 0.6 is 0 Å². The van der Waals surface area contributed by atoms with Crippen molar-refractivity contribution in [2.24, 2.45) is 5.92 Å². The number of imide groups is 1. The lowest BCUT2D eigenvalue weighted by molar-refractivity contribution is -0.126. The van der Waals surface area contributed by atoms with Gasteiger partial charge in [0.05, 0.1) is 39.3 Å². The summed E-state index contributed by atoms with van der Waals surface area (Å²) in [6.45, 7) is 2.41. The van der Waals surface area contributed by atoms with Gasteiger partial charge in [-0.15, -0.1) is 0 Å². The zero-order valence-corrected chi connectivity index (χ0v) is 21.0. The Morgan fingerprint density at radius 3 is 2.05 bits per heavy atom. The molecule has 0 N–H and O–H groups in total. The number of hydrogen-bond acceptors (Lipinski definition) is 8. The highest BCUT2D eigenvalue weighted by molar-refractivity contribution is 6.24. The number of hydrogen-bond donors (Lipinski definition) is 0. The molecule has 3 aromatic rings. The topological polar surface area (TPSA) is 86.8 Å². The van der Waals surface area contributed by atoms with E-state index in [1.165, 1.54) is 19.1 Å². The first kappa shape index (κ1) is 24.5. The number of hydroxylamine groups is 1. The number of ether oxygens (including phenoxy) is 4. The van der Waals surface area contributed by atoms with Crippen LogP contribution in [-0.4, -0.2) is 45.9 Å². The molecular weight excluding hydrogens is 476 g/mol. The molecule has 2 heterocycles. The predicted molar refractivity (Wildman–Crippen MR) is 136 cm³/mol. The lowest BCUT2D eigenvalue weighted by Crippen LogP contribution is -2.37. The molecule has 37 heavy (non-hydrogen) atoms. The first-order valence-corrected chi connectivity index (χ1v) is 11.9. The molecule has 2 saturated heterocycles. The van der Waals surface area contributed by atoms with Crippen LogP contribution in [0.15, 0.2) is 66.7 Å². The molecule has 0 aromatic heterocycles. The fraction of sp³-hybridized carbons (Fsp3) is 0.286. The molecule has 9 heteroatoms. The fourth-order valence-electron chi connectivity index (χ4n) is 4.93. The van der Waals surface area contributed by atoms with E-state index in [9.17, 15) is 9.59 Å². The SMILES string of the molecule is CCOc1ccc(N2C(=O)[C@@H]3[C@H](ON(c4ccccc4)[C@@H]3c3cc(OC)c(OC)cc3OC)C2=O)cc1. The Morgan fingerprint density at radius 2 is 1.43 bits per heavy atom. The monoisotopic (exact) mass is 504 g/mol. The van der Waals surface area contributed by atoms with E-state index >= 15 is 0 Å². The normalized spacial score (nSPS) is 20.7. The number of nitrogens with zero attached hydrogens (tertiary/aromatic N) is 2. The molecule has 0 saturated carbocycles. The number of anilines is 2. The van der Waals surface area contributed by atoms with Crippen molar-refractivity contribution in [3.63, 3.8) is 0 Å². The van der Waals surface area contributed by atoms with E-state index in [1.807, 2.05) is 37.3 Å². The lowest BCUT2D eigenvalue weighted by atomic mass is 9.89. The minimum absolute atomic E-state index is 0.362. The Labute approximate surface area is 215 Å². The van der Waals surface area contributed by atoms with E-state index < -0.39 is 24.0 Å². The van der Waals surface area contributed by atoms with Gasteiger partial charge >= 0.3 is 0 Å². The highest BCUT2D eigenvalue weighted by Gasteiger charge is 2.61. The average Bonchev–Trinajstić information content (AvgIpc) is 3.44. The maximum atomic E-state index is 13.9. The summed E-state index contributed by atoms with van der Waals surface area (Å²) in [4.78, 5) is 34.9. The van der Waals surface area contributed by atoms with Crippen LogP contribution in [-0.2, 0) is 14.4 Å². The van der Waals surface area contributed by atoms with Gasteiger partial charge < -0.3 is 18.9 Å². The quantitative estimate of drug-likeness (QED) is 0.423. The Hall–Kier alpha value is -4.24. The van der Waals surface area contributed by atoms with Crippen LogP contribution < -0.4 is 28.9 Å². The second kappa shape index (κ2) is 10.0. The van der Waals surface area contributed by atoms with Gasteiger partial charge in [0.15, 0.2) is 17.6 Å². The number of carbonyl (C=O) groups is 2. The summed E-state index contributed by atoms with van der Waals surface area (Å²) >= 11 is 0. The number of methoxy groups -OCH3 is 3. The summed E-state index contributed by atoms with van der Waals surface area (Å²) in [7, 11) is 4.61. The minimum Gasteiger partial charge on any atom is -0.496 e. The highest BCUT2D eigenvalue weighted by atomic mass is 16.7. The van der Waals surface area contributed by atoms with Crippen molar-refractivity contribution in [3.8, 4) is 23.0 Å². The molecule has 0 radical (unpaired) electrons. The second-order valence-electron chi connectivity index (χ2n) is 8.55. The van der Waals surface area contributed by atoms with Gasteiger partial charge in [0, 0.05) is 11.6 Å². The summed E-state index contributed by atoms with van der Waals surface area (Å²) in [5.41, 5.74) is 1.79. The summed E-state index contributed by atoms with van der Waals surface area (Å²) in [6.07, 6.45) is -1.01. The molecule has 3 aromatic carbocycles. The molecule has 0 aliphatic carbocycles. The van der Waals surface area contributed by atoms with Crippen molar-refractivity contribution in [3.05, 3.63) is 72.3 Å². The van der Waals surface area contributed by atoms with Crippen LogP contribution in [0.1, 0.15) is 18.5 Å². The highest BCUT2D eigenvalue weighted by Crippen LogP contribution is 2.51. The Morgan fingerprint density at radius 1 is 0.784 bits per heavy atom. The molecular formula is C28H28N2O7. The maximum absolute atomic E-state index is 13.9. The van der Waals surface area contributed by atoms with E-state index in [0.29, 0.717) is 46.5 Å². The molecule has 2 fully saturated rings. The third-order valence-corrected chi connectivity index (χ3v) is 6.59. The molecule has 2 aliphatic heterocycles. The van der Waals surface area contributed by atoms with Crippen molar-refractivity contribution in [2.75, 3.05) is 37.9 Å². The number of amides is 2. The van der Waals surface area contributed by atoms with Crippen LogP contribution in [0.3, 0.4) is 0 Å². The smallest absolute Gasteiger partial charge is 0.266 e. The summed E-state index contributed by atoms with van der Waals surface area (Å²) in [6, 6.07) is 19.0. The van der Waals surface area contributed by atoms with Crippen LogP contribution in [0, 0.1) is 5.92 Å². The van der Waals surface area contributed by atoms with Crippen LogP contribution in [0.25, 0.3) is 0 Å². The number of para-hydroxylation sites is 1. The molecule has 0 spiro atoms. The van der Waals surface area contributed by atoms with Gasteiger partial charge in [0.1, 0.15) is 23.5 Å².